The van der Waals surface area contributed by atoms with Crippen LogP contribution in [0, 0.1) is 0 Å². The Balaban J connectivity index is 1.34. The molecule has 6 nitrogen and oxygen atoms in total. The average Bonchev–Trinajstić information content (AvgIpc) is 3.31. The molecule has 0 bridgehead atoms. The van der Waals surface area contributed by atoms with E-state index >= 15 is 0 Å². The van der Waals surface area contributed by atoms with Gasteiger partial charge in [-0.25, -0.2) is 0 Å². The van der Waals surface area contributed by atoms with E-state index in [1.165, 1.54) is 0 Å². The molecule has 2 aromatic heterocycles. The first-order valence-corrected chi connectivity index (χ1v) is 10.8. The standard InChI is InChI=1S/C21H17Cl3N6S/c22-16-5-1-14(2-6-16)11-29-10-9-19(27-29)25-21(31)26-20-18(24)13-30(28-20)12-15-3-7-17(23)8-4-15/h1-10,13H,11-12H2,(H2,25,26,27,28,31). The van der Waals surface area contributed by atoms with Gasteiger partial charge in [-0.3, -0.25) is 9.36 Å². The van der Waals surface area contributed by atoms with E-state index in [4.69, 9.17) is 47.0 Å². The summed E-state index contributed by atoms with van der Waals surface area (Å²) in [5.74, 6) is 1.08. The van der Waals surface area contributed by atoms with E-state index in [0.29, 0.717) is 44.9 Å². The predicted molar refractivity (Wildman–Crippen MR) is 130 cm³/mol. The van der Waals surface area contributed by atoms with Crippen molar-refractivity contribution >= 4 is 63.8 Å². The minimum Gasteiger partial charge on any atom is -0.316 e. The van der Waals surface area contributed by atoms with Crippen molar-refractivity contribution in [2.75, 3.05) is 10.6 Å². The van der Waals surface area contributed by atoms with Crippen molar-refractivity contribution in [3.05, 3.63) is 93.2 Å². The molecule has 0 aliphatic carbocycles. The largest absolute Gasteiger partial charge is 0.316 e. The summed E-state index contributed by atoms with van der Waals surface area (Å²) >= 11 is 23.5. The van der Waals surface area contributed by atoms with Gasteiger partial charge in [0.15, 0.2) is 16.7 Å². The van der Waals surface area contributed by atoms with E-state index in [0.717, 1.165) is 11.1 Å². The Bertz CT molecular complexity index is 1180. The number of anilines is 2. The summed E-state index contributed by atoms with van der Waals surface area (Å²) in [4.78, 5) is 0. The fourth-order valence-electron chi connectivity index (χ4n) is 2.89. The predicted octanol–water partition coefficient (Wildman–Crippen LogP) is 5.95. The van der Waals surface area contributed by atoms with Crippen LogP contribution < -0.4 is 10.6 Å². The van der Waals surface area contributed by atoms with Crippen molar-refractivity contribution in [3.63, 3.8) is 0 Å². The highest BCUT2D eigenvalue weighted by Gasteiger charge is 2.10. The van der Waals surface area contributed by atoms with Crippen LogP contribution in [0.3, 0.4) is 0 Å². The van der Waals surface area contributed by atoms with E-state index < -0.39 is 0 Å². The van der Waals surface area contributed by atoms with E-state index in [-0.39, 0.29) is 0 Å². The molecule has 4 rings (SSSR count). The van der Waals surface area contributed by atoms with Crippen LogP contribution in [0.1, 0.15) is 11.1 Å². The third kappa shape index (κ3) is 5.98. The molecule has 2 N–H and O–H groups in total. The Morgan fingerprint density at radius 3 is 1.97 bits per heavy atom. The molecular weight excluding hydrogens is 475 g/mol. The van der Waals surface area contributed by atoms with Crippen molar-refractivity contribution in [3.8, 4) is 0 Å². The molecule has 0 unspecified atom stereocenters. The average molecular weight is 492 g/mol. The second-order valence-corrected chi connectivity index (χ2v) is 8.44. The first kappa shape index (κ1) is 21.6. The van der Waals surface area contributed by atoms with E-state index in [2.05, 4.69) is 20.8 Å². The van der Waals surface area contributed by atoms with Crippen molar-refractivity contribution in [1.82, 2.24) is 19.6 Å². The number of thiocarbonyl (C=S) groups is 1. The molecule has 0 aliphatic rings. The van der Waals surface area contributed by atoms with E-state index in [9.17, 15) is 0 Å². The molecule has 4 aromatic rings. The summed E-state index contributed by atoms with van der Waals surface area (Å²) in [6, 6.07) is 17.0. The third-order valence-electron chi connectivity index (χ3n) is 4.35. The summed E-state index contributed by atoms with van der Waals surface area (Å²) in [7, 11) is 0. The molecule has 31 heavy (non-hydrogen) atoms. The van der Waals surface area contributed by atoms with Crippen molar-refractivity contribution in [2.45, 2.75) is 13.1 Å². The van der Waals surface area contributed by atoms with Crippen LogP contribution in [-0.4, -0.2) is 24.7 Å². The van der Waals surface area contributed by atoms with Crippen LogP contribution in [0.4, 0.5) is 11.6 Å². The van der Waals surface area contributed by atoms with Crippen molar-refractivity contribution in [2.24, 2.45) is 0 Å². The smallest absolute Gasteiger partial charge is 0.177 e. The maximum atomic E-state index is 6.31. The van der Waals surface area contributed by atoms with E-state index in [1.807, 2.05) is 65.5 Å². The summed E-state index contributed by atoms with van der Waals surface area (Å²) in [6.07, 6.45) is 3.61. The van der Waals surface area contributed by atoms with Crippen LogP contribution >= 0.6 is 47.0 Å². The Morgan fingerprint density at radius 1 is 0.774 bits per heavy atom. The lowest BCUT2D eigenvalue weighted by Crippen LogP contribution is -2.20. The van der Waals surface area contributed by atoms with Gasteiger partial charge < -0.3 is 10.6 Å². The van der Waals surface area contributed by atoms with Crippen molar-refractivity contribution in [1.29, 1.82) is 0 Å². The van der Waals surface area contributed by atoms with Gasteiger partial charge in [-0.05, 0) is 47.6 Å². The number of aromatic nitrogens is 4. The number of nitrogens with one attached hydrogen (secondary N) is 2. The monoisotopic (exact) mass is 490 g/mol. The molecule has 0 atom stereocenters. The zero-order chi connectivity index (χ0) is 21.8. The quantitative estimate of drug-likeness (QED) is 0.327. The number of hydrogen-bond donors (Lipinski definition) is 2. The van der Waals surface area contributed by atoms with Gasteiger partial charge in [-0.15, -0.1) is 0 Å². The van der Waals surface area contributed by atoms with Crippen LogP contribution in [0.2, 0.25) is 15.1 Å². The summed E-state index contributed by atoms with van der Waals surface area (Å²) in [5.41, 5.74) is 2.15. The topological polar surface area (TPSA) is 59.7 Å². The molecule has 0 amide bonds. The highest BCUT2D eigenvalue weighted by molar-refractivity contribution is 7.80. The van der Waals surface area contributed by atoms with Crippen LogP contribution in [-0.2, 0) is 13.1 Å². The SMILES string of the molecule is S=C(Nc1ccn(Cc2ccc(Cl)cc2)n1)Nc1nn(Cc2ccc(Cl)cc2)cc1Cl. The molecule has 0 spiro atoms. The normalized spacial score (nSPS) is 10.8. The maximum Gasteiger partial charge on any atom is 0.177 e. The second-order valence-electron chi connectivity index (χ2n) is 6.75. The lowest BCUT2D eigenvalue weighted by molar-refractivity contribution is 0.689. The highest BCUT2D eigenvalue weighted by Crippen LogP contribution is 2.21. The van der Waals surface area contributed by atoms with Gasteiger partial charge >= 0.3 is 0 Å². The molecule has 0 aliphatic heterocycles. The molecular formula is C21H17Cl3N6S. The maximum absolute atomic E-state index is 6.31. The Labute approximate surface area is 199 Å². The highest BCUT2D eigenvalue weighted by atomic mass is 35.5. The third-order valence-corrected chi connectivity index (χ3v) is 5.33. The minimum absolute atomic E-state index is 0.343. The minimum atomic E-state index is 0.343. The molecule has 2 aromatic carbocycles. The number of benzene rings is 2. The number of nitrogens with zero attached hydrogens (tertiary/aromatic N) is 4. The fourth-order valence-corrected chi connectivity index (χ4v) is 3.54. The number of rotatable bonds is 6. The first-order valence-electron chi connectivity index (χ1n) is 9.28. The van der Waals surface area contributed by atoms with Gasteiger partial charge in [0.25, 0.3) is 0 Å². The van der Waals surface area contributed by atoms with Gasteiger partial charge in [-0.1, -0.05) is 59.1 Å². The van der Waals surface area contributed by atoms with Crippen LogP contribution in [0.25, 0.3) is 0 Å². The number of halogens is 3. The Hall–Kier alpha value is -2.58. The Kier molecular flexibility index (Phi) is 6.77. The second kappa shape index (κ2) is 9.70. The lowest BCUT2D eigenvalue weighted by atomic mass is 10.2. The van der Waals surface area contributed by atoms with Crippen LogP contribution in [0.5, 0.6) is 0 Å². The van der Waals surface area contributed by atoms with Crippen LogP contribution in [0.15, 0.2) is 67.0 Å². The molecule has 0 saturated heterocycles. The molecule has 0 fully saturated rings. The lowest BCUT2D eigenvalue weighted by Gasteiger charge is -2.07. The molecule has 10 heteroatoms. The summed E-state index contributed by atoms with van der Waals surface area (Å²) < 4.78 is 3.54. The number of hydrogen-bond acceptors (Lipinski definition) is 3. The van der Waals surface area contributed by atoms with Gasteiger partial charge in [0.2, 0.25) is 0 Å². The summed E-state index contributed by atoms with van der Waals surface area (Å²) in [6.45, 7) is 1.19. The molecule has 2 heterocycles. The molecule has 0 radical (unpaired) electrons. The summed E-state index contributed by atoms with van der Waals surface area (Å²) in [5, 5.41) is 17.2. The van der Waals surface area contributed by atoms with Crippen molar-refractivity contribution < 1.29 is 0 Å². The van der Waals surface area contributed by atoms with Gasteiger partial charge in [0.05, 0.1) is 13.1 Å². The van der Waals surface area contributed by atoms with Gasteiger partial charge in [-0.2, -0.15) is 10.2 Å². The van der Waals surface area contributed by atoms with E-state index in [1.54, 1.807) is 10.9 Å². The van der Waals surface area contributed by atoms with Gasteiger partial charge in [0, 0.05) is 28.5 Å². The van der Waals surface area contributed by atoms with Gasteiger partial charge in [0.1, 0.15) is 5.02 Å². The fraction of sp³-hybridized carbons (Fsp3) is 0.0952. The zero-order valence-corrected chi connectivity index (χ0v) is 19.2. The first-order chi connectivity index (χ1) is 14.9. The Morgan fingerprint density at radius 2 is 1.35 bits per heavy atom. The molecule has 158 valence electrons. The molecule has 0 saturated carbocycles. The zero-order valence-electron chi connectivity index (χ0n) is 16.1.